The van der Waals surface area contributed by atoms with Crippen molar-refractivity contribution in [1.82, 2.24) is 19.7 Å². The number of hydrogen-bond acceptors (Lipinski definition) is 5. The van der Waals surface area contributed by atoms with Crippen LogP contribution in [0.4, 0.5) is 0 Å². The maximum atomic E-state index is 10.5. The normalized spacial score (nSPS) is 21.3. The summed E-state index contributed by atoms with van der Waals surface area (Å²) in [5, 5.41) is 18.6. The molecule has 1 aliphatic heterocycles. The number of aliphatic hydroxyl groups is 1. The number of β-amino-alcohol motifs (C(OH)–C–C–N with tert-alkyl or cyclic N) is 1. The van der Waals surface area contributed by atoms with Gasteiger partial charge < -0.3 is 14.4 Å². The molecule has 0 spiro atoms. The molecule has 1 aromatic heterocycles. The second kappa shape index (κ2) is 6.65. The average molecular weight is 282 g/mol. The number of morpholine rings is 1. The summed E-state index contributed by atoms with van der Waals surface area (Å²) < 4.78 is 7.84. The molecule has 0 aliphatic carbocycles. The Balaban J connectivity index is 2.02. The molecule has 0 radical (unpaired) electrons. The molecule has 6 heteroatoms. The van der Waals surface area contributed by atoms with Crippen LogP contribution in [0.2, 0.25) is 0 Å². The van der Waals surface area contributed by atoms with Gasteiger partial charge >= 0.3 is 0 Å². The van der Waals surface area contributed by atoms with E-state index in [0.29, 0.717) is 13.2 Å². The number of ether oxygens (including phenoxy) is 1. The Labute approximate surface area is 120 Å². The van der Waals surface area contributed by atoms with Crippen LogP contribution in [0.5, 0.6) is 0 Å². The molecular formula is C14H26N4O2. The van der Waals surface area contributed by atoms with Gasteiger partial charge in [-0.1, -0.05) is 13.8 Å². The van der Waals surface area contributed by atoms with E-state index in [0.717, 1.165) is 38.3 Å². The molecule has 2 heterocycles. The summed E-state index contributed by atoms with van der Waals surface area (Å²) in [6.07, 6.45) is 3.24. The Morgan fingerprint density at radius 3 is 2.80 bits per heavy atom. The van der Waals surface area contributed by atoms with Crippen LogP contribution < -0.4 is 0 Å². The zero-order valence-corrected chi connectivity index (χ0v) is 12.7. The topological polar surface area (TPSA) is 63.4 Å². The van der Waals surface area contributed by atoms with Crippen molar-refractivity contribution >= 4 is 0 Å². The first-order valence-corrected chi connectivity index (χ1v) is 7.56. The molecule has 114 valence electrons. The maximum absolute atomic E-state index is 10.5. The summed E-state index contributed by atoms with van der Waals surface area (Å²) in [6, 6.07) is 0. The molecule has 1 N–H and O–H groups in total. The van der Waals surface area contributed by atoms with Crippen molar-refractivity contribution in [2.75, 3.05) is 26.2 Å². The lowest BCUT2D eigenvalue weighted by atomic mass is 9.96. The van der Waals surface area contributed by atoms with Crippen molar-refractivity contribution in [3.63, 3.8) is 0 Å². The lowest BCUT2D eigenvalue weighted by molar-refractivity contribution is -0.0716. The van der Waals surface area contributed by atoms with Crippen LogP contribution in [0.1, 0.15) is 45.5 Å². The number of aryl methyl sites for hydroxylation is 1. The van der Waals surface area contributed by atoms with Gasteiger partial charge in [0.25, 0.3) is 0 Å². The van der Waals surface area contributed by atoms with Crippen molar-refractivity contribution < 1.29 is 9.84 Å². The summed E-state index contributed by atoms with van der Waals surface area (Å²) in [6.45, 7) is 9.98. The predicted octanol–water partition coefficient (Wildman–Crippen LogP) is 1.22. The van der Waals surface area contributed by atoms with Gasteiger partial charge in [0.1, 0.15) is 12.4 Å². The minimum atomic E-state index is -0.597. The van der Waals surface area contributed by atoms with E-state index in [9.17, 15) is 5.11 Å². The fraction of sp³-hybridized carbons (Fsp3) is 0.857. The predicted molar refractivity (Wildman–Crippen MR) is 76.4 cm³/mol. The average Bonchev–Trinajstić information content (AvgIpc) is 2.96. The van der Waals surface area contributed by atoms with Gasteiger partial charge in [0.2, 0.25) is 0 Å². The van der Waals surface area contributed by atoms with E-state index in [1.807, 2.05) is 18.4 Å². The third-order valence-corrected chi connectivity index (χ3v) is 4.26. The number of hydrogen-bond donors (Lipinski definition) is 1. The molecule has 1 unspecified atom stereocenters. The molecule has 0 aromatic carbocycles. The Hall–Kier alpha value is -0.980. The van der Waals surface area contributed by atoms with E-state index < -0.39 is 5.60 Å². The molecular weight excluding hydrogens is 256 g/mol. The van der Waals surface area contributed by atoms with E-state index in [4.69, 9.17) is 4.74 Å². The van der Waals surface area contributed by atoms with Crippen LogP contribution >= 0.6 is 0 Å². The SMILES string of the molecule is CCn1cnnc1C1CN(CC(O)(CC)CC)CCO1. The van der Waals surface area contributed by atoms with Crippen LogP contribution in [-0.2, 0) is 11.3 Å². The summed E-state index contributed by atoms with van der Waals surface area (Å²) in [4.78, 5) is 2.27. The van der Waals surface area contributed by atoms with Crippen LogP contribution in [0.15, 0.2) is 6.33 Å². The van der Waals surface area contributed by atoms with E-state index in [2.05, 4.69) is 22.0 Å². The monoisotopic (exact) mass is 282 g/mol. The molecule has 1 aromatic rings. The first kappa shape index (κ1) is 15.4. The third kappa shape index (κ3) is 3.37. The van der Waals surface area contributed by atoms with Gasteiger partial charge in [0, 0.05) is 26.2 Å². The largest absolute Gasteiger partial charge is 0.389 e. The Kier molecular flexibility index (Phi) is 5.12. The standard InChI is InChI=1S/C14H26N4O2/c1-4-14(19,5-2)10-17-7-8-20-12(9-17)13-16-15-11-18(13)6-3/h11-12,19H,4-10H2,1-3H3. The van der Waals surface area contributed by atoms with E-state index in [1.54, 1.807) is 6.33 Å². The molecule has 0 amide bonds. The van der Waals surface area contributed by atoms with Gasteiger partial charge in [-0.15, -0.1) is 10.2 Å². The molecule has 20 heavy (non-hydrogen) atoms. The maximum Gasteiger partial charge on any atom is 0.163 e. The van der Waals surface area contributed by atoms with E-state index in [-0.39, 0.29) is 6.10 Å². The van der Waals surface area contributed by atoms with Crippen molar-refractivity contribution in [3.05, 3.63) is 12.2 Å². The van der Waals surface area contributed by atoms with Crippen LogP contribution in [0.3, 0.4) is 0 Å². The minimum Gasteiger partial charge on any atom is -0.389 e. The first-order valence-electron chi connectivity index (χ1n) is 7.56. The number of nitrogens with zero attached hydrogens (tertiary/aromatic N) is 4. The molecule has 1 saturated heterocycles. The molecule has 6 nitrogen and oxygen atoms in total. The Morgan fingerprint density at radius 1 is 1.40 bits per heavy atom. The van der Waals surface area contributed by atoms with Crippen LogP contribution in [0.25, 0.3) is 0 Å². The second-order valence-corrected chi connectivity index (χ2v) is 5.50. The molecule has 0 saturated carbocycles. The second-order valence-electron chi connectivity index (χ2n) is 5.50. The van der Waals surface area contributed by atoms with Gasteiger partial charge in [-0.25, -0.2) is 0 Å². The molecule has 1 atom stereocenters. The van der Waals surface area contributed by atoms with Gasteiger partial charge in [-0.3, -0.25) is 4.90 Å². The quantitative estimate of drug-likeness (QED) is 0.850. The zero-order chi connectivity index (χ0) is 14.6. The smallest absolute Gasteiger partial charge is 0.163 e. The molecule has 1 aliphatic rings. The summed E-state index contributed by atoms with van der Waals surface area (Å²) in [5.74, 6) is 0.883. The van der Waals surface area contributed by atoms with Gasteiger partial charge in [-0.2, -0.15) is 0 Å². The minimum absolute atomic E-state index is 0.0517. The lowest BCUT2D eigenvalue weighted by Crippen LogP contribution is -2.48. The fourth-order valence-electron chi connectivity index (χ4n) is 2.65. The van der Waals surface area contributed by atoms with Crippen molar-refractivity contribution in [2.24, 2.45) is 0 Å². The highest BCUT2D eigenvalue weighted by molar-refractivity contribution is 4.95. The first-order chi connectivity index (χ1) is 9.61. The highest BCUT2D eigenvalue weighted by atomic mass is 16.5. The van der Waals surface area contributed by atoms with E-state index >= 15 is 0 Å². The van der Waals surface area contributed by atoms with Gasteiger partial charge in [-0.05, 0) is 19.8 Å². The van der Waals surface area contributed by atoms with Gasteiger partial charge in [0.15, 0.2) is 5.82 Å². The number of rotatable bonds is 6. The Morgan fingerprint density at radius 2 is 2.15 bits per heavy atom. The van der Waals surface area contributed by atoms with Crippen molar-refractivity contribution in [1.29, 1.82) is 0 Å². The van der Waals surface area contributed by atoms with E-state index in [1.165, 1.54) is 0 Å². The highest BCUT2D eigenvalue weighted by Gasteiger charge is 2.31. The molecule has 1 fully saturated rings. The third-order valence-electron chi connectivity index (χ3n) is 4.26. The summed E-state index contributed by atoms with van der Waals surface area (Å²) in [5.41, 5.74) is -0.597. The van der Waals surface area contributed by atoms with Crippen LogP contribution in [-0.4, -0.2) is 56.6 Å². The fourth-order valence-corrected chi connectivity index (χ4v) is 2.65. The van der Waals surface area contributed by atoms with Crippen molar-refractivity contribution in [2.45, 2.75) is 51.9 Å². The van der Waals surface area contributed by atoms with Crippen molar-refractivity contribution in [3.8, 4) is 0 Å². The van der Waals surface area contributed by atoms with Gasteiger partial charge in [0.05, 0.1) is 12.2 Å². The summed E-state index contributed by atoms with van der Waals surface area (Å²) in [7, 11) is 0. The number of aromatic nitrogens is 3. The summed E-state index contributed by atoms with van der Waals surface area (Å²) >= 11 is 0. The molecule has 2 rings (SSSR count). The molecule has 0 bridgehead atoms. The Bertz CT molecular complexity index is 417. The zero-order valence-electron chi connectivity index (χ0n) is 12.7. The van der Waals surface area contributed by atoms with Crippen LogP contribution in [0, 0.1) is 0 Å². The highest BCUT2D eigenvalue weighted by Crippen LogP contribution is 2.23. The lowest BCUT2D eigenvalue weighted by Gasteiger charge is -2.37.